The van der Waals surface area contributed by atoms with Crippen LogP contribution in [-0.4, -0.2) is 25.7 Å². The van der Waals surface area contributed by atoms with E-state index in [2.05, 4.69) is 16.4 Å². The minimum Gasteiger partial charge on any atom is -0.481 e. The smallest absolute Gasteiger partial charge is 0.235 e. The molecule has 0 spiro atoms. The van der Waals surface area contributed by atoms with Crippen molar-refractivity contribution in [3.8, 4) is 17.8 Å². The number of nitrogens with zero attached hydrogens (tertiary/aromatic N) is 2. The number of hydrogen-bond acceptors (Lipinski definition) is 5. The third kappa shape index (κ3) is 1.57. The molecule has 2 rings (SSSR count). The summed E-state index contributed by atoms with van der Waals surface area (Å²) in [5.74, 6) is 0.887. The van der Waals surface area contributed by atoms with Crippen LogP contribution in [-0.2, 0) is 13.0 Å². The Kier molecular flexibility index (Phi) is 2.93. The minimum absolute atomic E-state index is 0.347. The Morgan fingerprint density at radius 1 is 1.25 bits per heavy atom. The molecule has 1 N–H and O–H groups in total. The number of fused-ring (bicyclic) bond motifs is 1. The summed E-state index contributed by atoms with van der Waals surface area (Å²) < 4.78 is 10.3. The van der Waals surface area contributed by atoms with E-state index in [4.69, 9.17) is 14.7 Å². The van der Waals surface area contributed by atoms with Crippen molar-refractivity contribution in [2.75, 3.05) is 20.8 Å². The van der Waals surface area contributed by atoms with Crippen LogP contribution in [0.4, 0.5) is 0 Å². The highest BCUT2D eigenvalue weighted by Crippen LogP contribution is 2.31. The van der Waals surface area contributed by atoms with E-state index in [1.54, 1.807) is 7.11 Å². The van der Waals surface area contributed by atoms with Gasteiger partial charge in [-0.1, -0.05) is 0 Å². The van der Waals surface area contributed by atoms with Crippen LogP contribution in [0.3, 0.4) is 0 Å². The average molecular weight is 219 g/mol. The van der Waals surface area contributed by atoms with E-state index >= 15 is 0 Å². The Hall–Kier alpha value is -1.80. The van der Waals surface area contributed by atoms with Gasteiger partial charge in [0.2, 0.25) is 11.8 Å². The van der Waals surface area contributed by atoms with Crippen molar-refractivity contribution < 1.29 is 9.47 Å². The maximum atomic E-state index is 9.14. The van der Waals surface area contributed by atoms with Gasteiger partial charge in [0.05, 0.1) is 14.2 Å². The minimum atomic E-state index is 0.347. The predicted molar refractivity (Wildman–Crippen MR) is 57.5 cm³/mol. The third-order valence-electron chi connectivity index (χ3n) is 2.69. The highest BCUT2D eigenvalue weighted by atomic mass is 16.5. The monoisotopic (exact) mass is 219 g/mol. The summed E-state index contributed by atoms with van der Waals surface area (Å²) in [4.78, 5) is 4.19. The van der Waals surface area contributed by atoms with Crippen LogP contribution in [0.15, 0.2) is 0 Å². The molecule has 1 aliphatic heterocycles. The van der Waals surface area contributed by atoms with Gasteiger partial charge in [0, 0.05) is 12.1 Å². The van der Waals surface area contributed by atoms with Gasteiger partial charge in [0.1, 0.15) is 11.6 Å². The largest absolute Gasteiger partial charge is 0.481 e. The third-order valence-corrected chi connectivity index (χ3v) is 2.69. The van der Waals surface area contributed by atoms with E-state index < -0.39 is 0 Å². The van der Waals surface area contributed by atoms with Crippen molar-refractivity contribution in [1.29, 1.82) is 5.26 Å². The molecule has 0 bridgehead atoms. The van der Waals surface area contributed by atoms with Crippen LogP contribution in [0, 0.1) is 11.3 Å². The second kappa shape index (κ2) is 4.37. The maximum Gasteiger partial charge on any atom is 0.235 e. The lowest BCUT2D eigenvalue weighted by atomic mass is 9.98. The van der Waals surface area contributed by atoms with Gasteiger partial charge < -0.3 is 14.8 Å². The molecule has 0 unspecified atom stereocenters. The molecule has 0 fully saturated rings. The molecule has 2 heterocycles. The molecule has 5 heteroatoms. The molecule has 1 aromatic rings. The molecular formula is C11H13N3O2. The van der Waals surface area contributed by atoms with Crippen molar-refractivity contribution in [2.45, 2.75) is 13.0 Å². The lowest BCUT2D eigenvalue weighted by molar-refractivity contribution is 0.356. The Labute approximate surface area is 94.0 Å². The van der Waals surface area contributed by atoms with Gasteiger partial charge in [-0.15, -0.1) is 0 Å². The fourth-order valence-corrected chi connectivity index (χ4v) is 1.94. The summed E-state index contributed by atoms with van der Waals surface area (Å²) in [6.45, 7) is 1.54. The summed E-state index contributed by atoms with van der Waals surface area (Å²) in [7, 11) is 3.08. The molecule has 0 aliphatic carbocycles. The summed E-state index contributed by atoms with van der Waals surface area (Å²) in [5, 5.41) is 12.4. The molecule has 0 amide bonds. The number of rotatable bonds is 2. The first-order valence-electron chi connectivity index (χ1n) is 5.06. The SMILES string of the molecule is COc1nc(OC)c2c(c1C#N)CCNC2. The van der Waals surface area contributed by atoms with Gasteiger partial charge in [-0.2, -0.15) is 10.2 Å². The van der Waals surface area contributed by atoms with Gasteiger partial charge in [-0.25, -0.2) is 0 Å². The lowest BCUT2D eigenvalue weighted by Gasteiger charge is -2.21. The fourth-order valence-electron chi connectivity index (χ4n) is 1.94. The summed E-state index contributed by atoms with van der Waals surface area (Å²) in [6, 6.07) is 2.16. The van der Waals surface area contributed by atoms with Crippen LogP contribution in [0.1, 0.15) is 16.7 Å². The second-order valence-electron chi connectivity index (χ2n) is 3.50. The molecule has 1 aliphatic rings. The fraction of sp³-hybridized carbons (Fsp3) is 0.455. The number of methoxy groups -OCH3 is 2. The number of nitrogens with one attached hydrogen (secondary N) is 1. The Bertz CT molecular complexity index is 452. The number of aromatic nitrogens is 1. The van der Waals surface area contributed by atoms with Crippen molar-refractivity contribution >= 4 is 0 Å². The summed E-state index contributed by atoms with van der Waals surface area (Å²) in [6.07, 6.45) is 0.799. The standard InChI is InChI=1S/C11H13N3O2/c1-15-10-8(5-12)7-3-4-13-6-9(7)11(14-10)16-2/h13H,3-4,6H2,1-2H3. The molecule has 0 aromatic carbocycles. The molecule has 16 heavy (non-hydrogen) atoms. The first-order valence-corrected chi connectivity index (χ1v) is 5.06. The van der Waals surface area contributed by atoms with Crippen LogP contribution in [0.2, 0.25) is 0 Å². The first-order chi connectivity index (χ1) is 7.81. The van der Waals surface area contributed by atoms with Crippen LogP contribution in [0.25, 0.3) is 0 Å². The zero-order valence-corrected chi connectivity index (χ0v) is 9.33. The Balaban J connectivity index is 2.66. The normalized spacial score (nSPS) is 13.8. The first kappa shape index (κ1) is 10.7. The molecular weight excluding hydrogens is 206 g/mol. The van der Waals surface area contributed by atoms with Gasteiger partial charge in [0.15, 0.2) is 0 Å². The molecule has 5 nitrogen and oxygen atoms in total. The van der Waals surface area contributed by atoms with Gasteiger partial charge in [-0.3, -0.25) is 0 Å². The van der Waals surface area contributed by atoms with Crippen LogP contribution in [0.5, 0.6) is 11.8 Å². The molecule has 1 aromatic heterocycles. The maximum absolute atomic E-state index is 9.14. The van der Waals surface area contributed by atoms with E-state index in [1.807, 2.05) is 0 Å². The van der Waals surface area contributed by atoms with Crippen molar-refractivity contribution in [1.82, 2.24) is 10.3 Å². The van der Waals surface area contributed by atoms with Gasteiger partial charge in [-0.05, 0) is 18.5 Å². The number of pyridine rings is 1. The highest BCUT2D eigenvalue weighted by Gasteiger charge is 2.22. The topological polar surface area (TPSA) is 67.2 Å². The summed E-state index contributed by atoms with van der Waals surface area (Å²) in [5.41, 5.74) is 2.48. The summed E-state index contributed by atoms with van der Waals surface area (Å²) >= 11 is 0. The van der Waals surface area contributed by atoms with E-state index in [9.17, 15) is 0 Å². The van der Waals surface area contributed by atoms with Crippen molar-refractivity contribution in [3.63, 3.8) is 0 Å². The molecule has 0 radical (unpaired) electrons. The van der Waals surface area contributed by atoms with Crippen LogP contribution < -0.4 is 14.8 Å². The number of ether oxygens (including phenoxy) is 2. The van der Waals surface area contributed by atoms with E-state index in [-0.39, 0.29) is 0 Å². The van der Waals surface area contributed by atoms with E-state index in [0.29, 0.717) is 23.9 Å². The molecule has 0 saturated carbocycles. The van der Waals surface area contributed by atoms with Crippen molar-refractivity contribution in [2.24, 2.45) is 0 Å². The Morgan fingerprint density at radius 3 is 2.62 bits per heavy atom. The zero-order chi connectivity index (χ0) is 11.5. The Morgan fingerprint density at radius 2 is 2.00 bits per heavy atom. The quantitative estimate of drug-likeness (QED) is 0.789. The highest BCUT2D eigenvalue weighted by molar-refractivity contribution is 5.53. The van der Waals surface area contributed by atoms with Crippen LogP contribution >= 0.6 is 0 Å². The molecule has 0 saturated heterocycles. The van der Waals surface area contributed by atoms with E-state index in [1.165, 1.54) is 7.11 Å². The number of nitriles is 1. The van der Waals surface area contributed by atoms with E-state index in [0.717, 1.165) is 24.1 Å². The van der Waals surface area contributed by atoms with Gasteiger partial charge in [0.25, 0.3) is 0 Å². The number of hydrogen-bond donors (Lipinski definition) is 1. The zero-order valence-electron chi connectivity index (χ0n) is 9.33. The predicted octanol–water partition coefficient (Wildman–Crippen LogP) is 0.616. The van der Waals surface area contributed by atoms with Gasteiger partial charge >= 0.3 is 0 Å². The molecule has 0 atom stereocenters. The van der Waals surface area contributed by atoms with Crippen molar-refractivity contribution in [3.05, 3.63) is 16.7 Å². The molecule has 84 valence electrons. The lowest BCUT2D eigenvalue weighted by Crippen LogP contribution is -2.25. The second-order valence-corrected chi connectivity index (χ2v) is 3.50. The average Bonchev–Trinajstić information content (AvgIpc) is 2.36.